The zero-order valence-electron chi connectivity index (χ0n) is 8.97. The zero-order chi connectivity index (χ0) is 14.6. The molecular weight excluding hydrogens is 271 g/mol. The highest BCUT2D eigenvalue weighted by Crippen LogP contribution is 2.23. The van der Waals surface area contributed by atoms with Crippen LogP contribution in [0.4, 0.5) is 19.1 Å². The summed E-state index contributed by atoms with van der Waals surface area (Å²) in [7, 11) is 0. The number of nitrogens with zero attached hydrogens (tertiary/aromatic N) is 3. The Hall–Kier alpha value is -2.85. The molecule has 8 nitrogen and oxygen atoms in total. The highest BCUT2D eigenvalue weighted by atomic mass is 19.2. The van der Waals surface area contributed by atoms with E-state index in [2.05, 4.69) is 15.2 Å². The second-order valence-electron chi connectivity index (χ2n) is 3.00. The van der Waals surface area contributed by atoms with Gasteiger partial charge in [-0.1, -0.05) is 0 Å². The molecule has 1 aromatic carbocycles. The number of aromatic amines is 1. The molecule has 19 heavy (non-hydrogen) atoms. The smallest absolute Gasteiger partial charge is 0.291 e. The summed E-state index contributed by atoms with van der Waals surface area (Å²) < 4.78 is 38.6. The molecule has 0 fully saturated rings. The lowest BCUT2D eigenvalue weighted by Gasteiger charge is -2.00. The molecule has 2 rings (SSSR count). The fraction of sp³-hybridized carbons (Fsp3) is 0. The molecule has 1 heterocycles. The molecule has 0 aliphatic rings. The van der Waals surface area contributed by atoms with Crippen LogP contribution in [0, 0.1) is 27.6 Å². The molecule has 0 radical (unpaired) electrons. The minimum atomic E-state index is -1.55. The Morgan fingerprint density at radius 1 is 1.32 bits per heavy atom. The normalized spacial score (nSPS) is 9.63. The first kappa shape index (κ1) is 14.2. The minimum Gasteiger partial charge on any atom is -0.366 e. The summed E-state index contributed by atoms with van der Waals surface area (Å²) in [5.41, 5.74) is 4.97. The van der Waals surface area contributed by atoms with Gasteiger partial charge in [0.15, 0.2) is 23.3 Å². The molecule has 11 heteroatoms. The fourth-order valence-electron chi connectivity index (χ4n) is 1.10. The monoisotopic (exact) mass is 277 g/mol. The highest BCUT2D eigenvalue weighted by Gasteiger charge is 2.16. The molecule has 4 N–H and O–H groups in total. The second-order valence-corrected chi connectivity index (χ2v) is 3.00. The van der Waals surface area contributed by atoms with Crippen LogP contribution in [0.15, 0.2) is 12.1 Å². The van der Waals surface area contributed by atoms with Crippen molar-refractivity contribution in [2.24, 2.45) is 0 Å². The summed E-state index contributed by atoms with van der Waals surface area (Å²) >= 11 is 0. The van der Waals surface area contributed by atoms with Crippen LogP contribution in [-0.2, 0) is 0 Å². The van der Waals surface area contributed by atoms with E-state index in [1.165, 1.54) is 0 Å². The van der Waals surface area contributed by atoms with E-state index in [0.717, 1.165) is 12.1 Å². The van der Waals surface area contributed by atoms with Crippen LogP contribution in [0.3, 0.4) is 0 Å². The molecule has 1 aromatic heterocycles. The number of nitrogens with two attached hydrogens (primary N) is 1. The molecule has 0 saturated carbocycles. The van der Waals surface area contributed by atoms with Gasteiger partial charge in [0, 0.05) is 0 Å². The summed E-state index contributed by atoms with van der Waals surface area (Å²) in [4.78, 5) is 12.0. The quantitative estimate of drug-likeness (QED) is 0.406. The molecule has 0 unspecified atom stereocenters. The van der Waals surface area contributed by atoms with E-state index in [4.69, 9.17) is 21.1 Å². The van der Waals surface area contributed by atoms with Gasteiger partial charge in [-0.3, -0.25) is 5.10 Å². The maximum Gasteiger partial charge on any atom is 0.291 e. The number of H-pyrrole nitrogens is 1. The van der Waals surface area contributed by atoms with Crippen molar-refractivity contribution in [1.82, 2.24) is 15.2 Å². The first-order valence-electron chi connectivity index (χ1n) is 4.48. The molecule has 0 aliphatic heterocycles. The zero-order valence-corrected chi connectivity index (χ0v) is 8.97. The van der Waals surface area contributed by atoms with Gasteiger partial charge in [0.2, 0.25) is 5.95 Å². The van der Waals surface area contributed by atoms with Crippen LogP contribution in [0.2, 0.25) is 0 Å². The van der Waals surface area contributed by atoms with Crippen LogP contribution in [-0.4, -0.2) is 25.5 Å². The van der Waals surface area contributed by atoms with E-state index in [1.807, 2.05) is 0 Å². The Balaban J connectivity index is 0.000000399. The lowest BCUT2D eigenvalue weighted by atomic mass is 10.2. The first-order chi connectivity index (χ1) is 8.82. The first-order valence-corrected chi connectivity index (χ1v) is 4.48. The molecule has 0 bridgehead atoms. The predicted octanol–water partition coefficient (Wildman–Crippen LogP) is 1.12. The van der Waals surface area contributed by atoms with E-state index in [-0.39, 0.29) is 17.3 Å². The lowest BCUT2D eigenvalue weighted by Crippen LogP contribution is -1.95. The summed E-state index contributed by atoms with van der Waals surface area (Å²) in [6.07, 6.45) is 0. The van der Waals surface area contributed by atoms with Crippen LogP contribution >= 0.6 is 0 Å². The van der Waals surface area contributed by atoms with Gasteiger partial charge in [0.25, 0.3) is 5.09 Å². The number of halogens is 3. The van der Waals surface area contributed by atoms with E-state index in [0.29, 0.717) is 0 Å². The van der Waals surface area contributed by atoms with Gasteiger partial charge in [-0.2, -0.15) is 4.98 Å². The summed E-state index contributed by atoms with van der Waals surface area (Å²) in [6.45, 7) is 0. The molecular formula is C8H6F3N5O3. The third kappa shape index (κ3) is 3.55. The van der Waals surface area contributed by atoms with Crippen molar-refractivity contribution in [3.8, 4) is 11.4 Å². The second kappa shape index (κ2) is 5.66. The number of nitrogen functional groups attached to an aromatic ring is 1. The van der Waals surface area contributed by atoms with Crippen LogP contribution in [0.1, 0.15) is 0 Å². The number of benzene rings is 1. The van der Waals surface area contributed by atoms with Crippen LogP contribution in [0.25, 0.3) is 11.4 Å². The van der Waals surface area contributed by atoms with Crippen LogP contribution < -0.4 is 5.73 Å². The number of nitrogens with one attached hydrogen (secondary N) is 1. The molecule has 0 saturated heterocycles. The standard InChI is InChI=1S/C8H5F3N4.HNO3/c9-4-2-1-3(5(10)6(4)11)7-13-8(12)15-14-7;2-1(3)4/h1-2H,(H3,12,13,14,15);(H,2,3,4). The molecule has 0 spiro atoms. The van der Waals surface area contributed by atoms with Crippen molar-refractivity contribution in [1.29, 1.82) is 0 Å². The van der Waals surface area contributed by atoms with Gasteiger partial charge < -0.3 is 10.9 Å². The Morgan fingerprint density at radius 3 is 2.37 bits per heavy atom. The number of hydrogen-bond acceptors (Lipinski definition) is 5. The topological polar surface area (TPSA) is 131 Å². The third-order valence-corrected chi connectivity index (χ3v) is 1.79. The number of hydrogen-bond donors (Lipinski definition) is 3. The Morgan fingerprint density at radius 2 is 1.89 bits per heavy atom. The molecule has 102 valence electrons. The molecule has 2 aromatic rings. The molecule has 0 aliphatic carbocycles. The van der Waals surface area contributed by atoms with Gasteiger partial charge in [-0.05, 0) is 12.1 Å². The number of anilines is 1. The van der Waals surface area contributed by atoms with Crippen molar-refractivity contribution < 1.29 is 23.5 Å². The highest BCUT2D eigenvalue weighted by molar-refractivity contribution is 5.56. The third-order valence-electron chi connectivity index (χ3n) is 1.79. The average Bonchev–Trinajstić information content (AvgIpc) is 2.72. The summed E-state index contributed by atoms with van der Waals surface area (Å²) in [6, 6.07) is 1.85. The maximum absolute atomic E-state index is 13.2. The maximum atomic E-state index is 13.2. The van der Waals surface area contributed by atoms with Crippen molar-refractivity contribution in [2.45, 2.75) is 0 Å². The van der Waals surface area contributed by atoms with Crippen molar-refractivity contribution in [2.75, 3.05) is 5.73 Å². The Bertz CT molecular complexity index is 599. The fourth-order valence-corrected chi connectivity index (χ4v) is 1.10. The average molecular weight is 277 g/mol. The minimum absolute atomic E-state index is 0.0519. The van der Waals surface area contributed by atoms with E-state index in [1.54, 1.807) is 0 Å². The van der Waals surface area contributed by atoms with Crippen LogP contribution in [0.5, 0.6) is 0 Å². The van der Waals surface area contributed by atoms with Gasteiger partial charge in [-0.15, -0.1) is 15.2 Å². The van der Waals surface area contributed by atoms with Gasteiger partial charge in [-0.25, -0.2) is 13.2 Å². The van der Waals surface area contributed by atoms with Gasteiger partial charge >= 0.3 is 0 Å². The van der Waals surface area contributed by atoms with Crippen molar-refractivity contribution in [3.63, 3.8) is 0 Å². The van der Waals surface area contributed by atoms with E-state index in [9.17, 15) is 13.2 Å². The van der Waals surface area contributed by atoms with Gasteiger partial charge in [0.1, 0.15) is 0 Å². The van der Waals surface area contributed by atoms with Gasteiger partial charge in [0.05, 0.1) is 5.56 Å². The Kier molecular flexibility index (Phi) is 4.23. The predicted molar refractivity (Wildman–Crippen MR) is 54.9 cm³/mol. The SMILES string of the molecule is Nc1n[nH]c(-c2ccc(F)c(F)c2F)n1.O=[N+]([O-])O. The Labute approximate surface area is 102 Å². The van der Waals surface area contributed by atoms with Crippen molar-refractivity contribution >= 4 is 5.95 Å². The van der Waals surface area contributed by atoms with Crippen molar-refractivity contribution in [3.05, 3.63) is 39.7 Å². The summed E-state index contributed by atoms with van der Waals surface area (Å²) in [5, 5.41) is 19.4. The number of aromatic nitrogens is 3. The van der Waals surface area contributed by atoms with E-state index < -0.39 is 22.5 Å². The van der Waals surface area contributed by atoms with E-state index >= 15 is 0 Å². The lowest BCUT2D eigenvalue weighted by molar-refractivity contribution is -0.742. The number of rotatable bonds is 1. The summed E-state index contributed by atoms with van der Waals surface area (Å²) in [5.74, 6) is -4.30. The molecule has 0 amide bonds. The largest absolute Gasteiger partial charge is 0.366 e. The molecule has 0 atom stereocenters.